The number of pyridine rings is 2. The Hall–Kier alpha value is -5.80. The Bertz CT molecular complexity index is 2930. The molecule has 0 aliphatic heterocycles. The summed E-state index contributed by atoms with van der Waals surface area (Å²) in [6.45, 7) is 34.5. The number of para-hydroxylation sites is 2. The molecule has 0 saturated carbocycles. The first kappa shape index (κ1) is 43.8. The van der Waals surface area contributed by atoms with Crippen molar-refractivity contribution in [3.05, 3.63) is 155 Å². The fraction of sp³-hybridized carbons (Fsp3) is 0.333. The first-order valence-corrected chi connectivity index (χ1v) is 22.8. The third kappa shape index (κ3) is 9.03. The van der Waals surface area contributed by atoms with Crippen molar-refractivity contribution in [1.82, 2.24) is 15.0 Å². The van der Waals surface area contributed by atoms with E-state index in [-0.39, 0.29) is 27.1 Å². The lowest BCUT2D eigenvalue weighted by Crippen LogP contribution is -2.16. The minimum Gasteiger partial charge on any atom is -0.354 e. The van der Waals surface area contributed by atoms with Gasteiger partial charge < -0.3 is 4.98 Å². The van der Waals surface area contributed by atoms with Gasteiger partial charge in [0.15, 0.2) is 0 Å². The van der Waals surface area contributed by atoms with Gasteiger partial charge >= 0.3 is 0 Å². The molecule has 8 aromatic rings. The summed E-state index contributed by atoms with van der Waals surface area (Å²) in [5.41, 5.74) is 19.3. The molecule has 3 aromatic heterocycles. The van der Waals surface area contributed by atoms with Crippen LogP contribution in [0.1, 0.15) is 132 Å². The summed E-state index contributed by atoms with van der Waals surface area (Å²) in [7, 11) is 0. The highest BCUT2D eigenvalue weighted by atomic mass is 14.8. The third-order valence-corrected chi connectivity index (χ3v) is 12.8. The van der Waals surface area contributed by atoms with Gasteiger partial charge in [-0.3, -0.25) is 4.98 Å². The van der Waals surface area contributed by atoms with E-state index in [0.717, 1.165) is 55.9 Å². The molecular formula is C60H67N3. The smallest absolute Gasteiger partial charge is 0.0736 e. The molecule has 0 radical (unpaired) electrons. The molecular weight excluding hydrogens is 763 g/mol. The van der Waals surface area contributed by atoms with Crippen molar-refractivity contribution in [2.24, 2.45) is 0 Å². The first-order valence-electron chi connectivity index (χ1n) is 22.8. The van der Waals surface area contributed by atoms with Gasteiger partial charge in [-0.15, -0.1) is 0 Å². The van der Waals surface area contributed by atoms with Crippen molar-refractivity contribution < 1.29 is 0 Å². The summed E-state index contributed by atoms with van der Waals surface area (Å²) in [5, 5.41) is 2.41. The quantitative estimate of drug-likeness (QED) is 0.188. The normalized spacial score (nSPS) is 13.0. The molecule has 0 amide bonds. The number of hydrogen-bond donors (Lipinski definition) is 1. The summed E-state index contributed by atoms with van der Waals surface area (Å²) < 4.78 is 0. The van der Waals surface area contributed by atoms with E-state index in [1.807, 2.05) is 6.20 Å². The molecule has 1 N–H and O–H groups in total. The Morgan fingerprint density at radius 2 is 0.794 bits per heavy atom. The van der Waals surface area contributed by atoms with E-state index in [2.05, 4.69) is 230 Å². The van der Waals surface area contributed by atoms with Crippen molar-refractivity contribution in [1.29, 1.82) is 0 Å². The Morgan fingerprint density at radius 1 is 0.349 bits per heavy atom. The molecule has 3 nitrogen and oxygen atoms in total. The van der Waals surface area contributed by atoms with E-state index in [9.17, 15) is 0 Å². The second-order valence-electron chi connectivity index (χ2n) is 23.1. The second-order valence-corrected chi connectivity index (χ2v) is 23.1. The summed E-state index contributed by atoms with van der Waals surface area (Å²) in [5.74, 6) is 0. The SMILES string of the molecule is CC(C)(C)c1ccc(-c2cc(-c3cc(C(C)(C)C)cc(C(C)(C)C)c3)cc(-c3cc(-c4cc(C(C)(C)C)cc(C(C)(C)C)c4)cc(-c4cccc5c4[nH]c4ccccc45)n3)c2)nc1. The van der Waals surface area contributed by atoms with Gasteiger partial charge in [0, 0.05) is 39.2 Å². The molecule has 0 saturated heterocycles. The molecule has 322 valence electrons. The van der Waals surface area contributed by atoms with Gasteiger partial charge in [-0.25, -0.2) is 4.98 Å². The fourth-order valence-electron chi connectivity index (χ4n) is 8.49. The van der Waals surface area contributed by atoms with Crippen LogP contribution in [-0.4, -0.2) is 15.0 Å². The van der Waals surface area contributed by atoms with E-state index in [4.69, 9.17) is 9.97 Å². The van der Waals surface area contributed by atoms with Crippen LogP contribution in [0.3, 0.4) is 0 Å². The monoisotopic (exact) mass is 830 g/mol. The predicted molar refractivity (Wildman–Crippen MR) is 272 cm³/mol. The minimum absolute atomic E-state index is 0.00103. The highest BCUT2D eigenvalue weighted by Gasteiger charge is 2.25. The van der Waals surface area contributed by atoms with Crippen LogP contribution in [0.15, 0.2) is 128 Å². The van der Waals surface area contributed by atoms with Gasteiger partial charge in [0.05, 0.1) is 22.6 Å². The Kier molecular flexibility index (Phi) is 10.8. The first-order chi connectivity index (χ1) is 29.3. The zero-order valence-corrected chi connectivity index (χ0v) is 40.5. The van der Waals surface area contributed by atoms with Crippen molar-refractivity contribution in [3.8, 4) is 56.0 Å². The highest BCUT2D eigenvalue weighted by Crippen LogP contribution is 2.42. The lowest BCUT2D eigenvalue weighted by molar-refractivity contribution is 0.568. The number of hydrogen-bond acceptors (Lipinski definition) is 2. The Balaban J connectivity index is 1.44. The lowest BCUT2D eigenvalue weighted by atomic mass is 9.78. The average Bonchev–Trinajstić information content (AvgIpc) is 3.60. The molecule has 3 heterocycles. The van der Waals surface area contributed by atoms with E-state index in [0.29, 0.717) is 0 Å². The zero-order chi connectivity index (χ0) is 45.4. The highest BCUT2D eigenvalue weighted by molar-refractivity contribution is 6.11. The largest absolute Gasteiger partial charge is 0.354 e. The standard InChI is InChI=1S/C60H67N3/c1-56(2,3)43-23-24-51(61-36-43)41-25-37(38-28-44(57(4,5)6)34-45(29-38)58(7,8)9)26-42(27-41)53-32-40(39-30-46(59(10,11)12)35-47(31-39)60(13,14)15)33-54(62-53)50-21-18-20-49-48-19-16-17-22-52(48)63-55(49)50/h16-36,63H,1-15H3. The van der Waals surface area contributed by atoms with Crippen LogP contribution in [0.4, 0.5) is 0 Å². The van der Waals surface area contributed by atoms with Crippen LogP contribution in [0.25, 0.3) is 77.8 Å². The zero-order valence-electron chi connectivity index (χ0n) is 40.5. The second kappa shape index (κ2) is 15.5. The van der Waals surface area contributed by atoms with Gasteiger partial charge in [0.1, 0.15) is 0 Å². The van der Waals surface area contributed by atoms with Gasteiger partial charge in [-0.1, -0.05) is 183 Å². The van der Waals surface area contributed by atoms with Crippen LogP contribution < -0.4 is 0 Å². The number of aromatic amines is 1. The van der Waals surface area contributed by atoms with Crippen molar-refractivity contribution in [2.45, 2.75) is 131 Å². The van der Waals surface area contributed by atoms with E-state index < -0.39 is 0 Å². The van der Waals surface area contributed by atoms with E-state index in [1.165, 1.54) is 49.7 Å². The third-order valence-electron chi connectivity index (χ3n) is 12.8. The molecule has 63 heavy (non-hydrogen) atoms. The van der Waals surface area contributed by atoms with E-state index in [1.54, 1.807) is 0 Å². The predicted octanol–water partition coefficient (Wildman–Crippen LogP) is 16.9. The summed E-state index contributed by atoms with van der Waals surface area (Å²) in [6, 6.07) is 45.6. The fourth-order valence-corrected chi connectivity index (χ4v) is 8.49. The number of benzene rings is 5. The van der Waals surface area contributed by atoms with Crippen molar-refractivity contribution in [2.75, 3.05) is 0 Å². The van der Waals surface area contributed by atoms with Crippen LogP contribution in [0.2, 0.25) is 0 Å². The van der Waals surface area contributed by atoms with Crippen LogP contribution in [-0.2, 0) is 27.1 Å². The van der Waals surface area contributed by atoms with Crippen LogP contribution >= 0.6 is 0 Å². The van der Waals surface area contributed by atoms with Gasteiger partial charge in [-0.2, -0.15) is 0 Å². The molecule has 8 rings (SSSR count). The maximum Gasteiger partial charge on any atom is 0.0736 e. The number of H-pyrrole nitrogens is 1. The van der Waals surface area contributed by atoms with E-state index >= 15 is 0 Å². The maximum absolute atomic E-state index is 5.65. The lowest BCUT2D eigenvalue weighted by Gasteiger charge is -2.27. The Morgan fingerprint density at radius 3 is 1.30 bits per heavy atom. The number of aromatic nitrogens is 3. The number of nitrogens with zero attached hydrogens (tertiary/aromatic N) is 2. The number of rotatable bonds is 5. The van der Waals surface area contributed by atoms with Crippen molar-refractivity contribution >= 4 is 21.8 Å². The summed E-state index contributed by atoms with van der Waals surface area (Å²) in [6.07, 6.45) is 2.05. The maximum atomic E-state index is 5.65. The molecule has 0 unspecified atom stereocenters. The molecule has 5 aromatic carbocycles. The Labute approximate surface area is 377 Å². The van der Waals surface area contributed by atoms with Gasteiger partial charge in [-0.05, 0) is 120 Å². The number of fused-ring (bicyclic) bond motifs is 3. The van der Waals surface area contributed by atoms with Gasteiger partial charge in [0.2, 0.25) is 0 Å². The molecule has 0 spiro atoms. The molecule has 0 aliphatic carbocycles. The van der Waals surface area contributed by atoms with Crippen LogP contribution in [0.5, 0.6) is 0 Å². The average molecular weight is 830 g/mol. The summed E-state index contributed by atoms with van der Waals surface area (Å²) in [4.78, 5) is 14.6. The summed E-state index contributed by atoms with van der Waals surface area (Å²) >= 11 is 0. The minimum atomic E-state index is -0.0308. The van der Waals surface area contributed by atoms with Gasteiger partial charge in [0.25, 0.3) is 0 Å². The molecule has 0 aliphatic rings. The van der Waals surface area contributed by atoms with Crippen LogP contribution in [0, 0.1) is 0 Å². The molecule has 0 bridgehead atoms. The number of nitrogens with one attached hydrogen (secondary N) is 1. The molecule has 3 heteroatoms. The molecule has 0 atom stereocenters. The molecule has 0 fully saturated rings. The van der Waals surface area contributed by atoms with Crippen molar-refractivity contribution in [3.63, 3.8) is 0 Å². The topological polar surface area (TPSA) is 41.6 Å².